The minimum absolute atomic E-state index is 0.412. The average molecular weight is 349 g/mol. The molecule has 1 saturated carbocycles. The highest BCUT2D eigenvalue weighted by atomic mass is 16.2. The topological polar surface area (TPSA) is 23.6 Å². The fraction of sp³-hybridized carbons (Fsp3) is 0.955. The number of nitrogens with zero attached hydrogens (tertiary/aromatic N) is 2. The highest BCUT2D eigenvalue weighted by molar-refractivity contribution is 5.76. The number of amides is 1. The van der Waals surface area contributed by atoms with E-state index in [0.717, 1.165) is 37.9 Å². The molecule has 0 aromatic heterocycles. The number of carbonyl (C=O) groups excluding carboxylic acids is 1. The van der Waals surface area contributed by atoms with E-state index in [1.807, 2.05) is 0 Å². The molecular weight excluding hydrogens is 308 g/mol. The van der Waals surface area contributed by atoms with Crippen LogP contribution in [0.5, 0.6) is 0 Å². The van der Waals surface area contributed by atoms with Crippen LogP contribution in [0.15, 0.2) is 0 Å². The van der Waals surface area contributed by atoms with Crippen molar-refractivity contribution >= 4 is 5.91 Å². The van der Waals surface area contributed by atoms with Gasteiger partial charge in [-0.1, -0.05) is 27.7 Å². The molecule has 3 heteroatoms. The average Bonchev–Trinajstić information content (AvgIpc) is 3.04. The second-order valence-corrected chi connectivity index (χ2v) is 10.7. The summed E-state index contributed by atoms with van der Waals surface area (Å²) in [6.07, 6.45) is 11.0. The molecule has 0 bridgehead atoms. The molecule has 3 fully saturated rings. The van der Waals surface area contributed by atoms with Crippen LogP contribution in [0.4, 0.5) is 0 Å². The predicted molar refractivity (Wildman–Crippen MR) is 105 cm³/mol. The van der Waals surface area contributed by atoms with E-state index in [1.165, 1.54) is 58.0 Å². The van der Waals surface area contributed by atoms with E-state index in [-0.39, 0.29) is 0 Å². The number of piperidine rings is 1. The number of carbonyl (C=O) groups is 1. The van der Waals surface area contributed by atoms with Crippen molar-refractivity contribution in [3.05, 3.63) is 0 Å². The molecule has 1 amide bonds. The second-order valence-electron chi connectivity index (χ2n) is 10.7. The molecule has 1 unspecified atom stereocenters. The van der Waals surface area contributed by atoms with Gasteiger partial charge >= 0.3 is 0 Å². The summed E-state index contributed by atoms with van der Waals surface area (Å²) in [5.74, 6) is 1.14. The lowest BCUT2D eigenvalue weighted by Gasteiger charge is -2.50. The molecule has 0 aromatic carbocycles. The zero-order valence-electron chi connectivity index (χ0n) is 17.1. The highest BCUT2D eigenvalue weighted by Crippen LogP contribution is 2.47. The molecule has 2 saturated heterocycles. The first-order chi connectivity index (χ1) is 11.7. The van der Waals surface area contributed by atoms with E-state index in [9.17, 15) is 4.79 Å². The van der Waals surface area contributed by atoms with Crippen LogP contribution in [0, 0.1) is 16.7 Å². The maximum atomic E-state index is 12.4. The third-order valence-electron chi connectivity index (χ3n) is 6.83. The molecule has 3 rings (SSSR count). The van der Waals surface area contributed by atoms with Gasteiger partial charge in [-0.05, 0) is 74.7 Å². The molecule has 1 aliphatic carbocycles. The zero-order chi connectivity index (χ0) is 18.1. The molecule has 144 valence electrons. The van der Waals surface area contributed by atoms with Gasteiger partial charge in [-0.3, -0.25) is 4.79 Å². The third kappa shape index (κ3) is 5.21. The summed E-state index contributed by atoms with van der Waals surface area (Å²) in [5, 5.41) is 0. The molecule has 3 aliphatic rings. The minimum Gasteiger partial charge on any atom is -0.343 e. The van der Waals surface area contributed by atoms with Gasteiger partial charge in [0, 0.05) is 32.1 Å². The van der Waals surface area contributed by atoms with E-state index >= 15 is 0 Å². The van der Waals surface area contributed by atoms with Crippen LogP contribution in [-0.2, 0) is 4.79 Å². The van der Waals surface area contributed by atoms with Crippen LogP contribution < -0.4 is 0 Å². The molecular formula is C22H40N2O. The normalized spacial score (nSPS) is 30.6. The van der Waals surface area contributed by atoms with Gasteiger partial charge in [0.15, 0.2) is 0 Å². The number of rotatable bonds is 4. The molecule has 1 atom stereocenters. The number of hydrogen-bond donors (Lipinski definition) is 0. The molecule has 0 N–H and O–H groups in total. The van der Waals surface area contributed by atoms with Crippen LogP contribution in [0.25, 0.3) is 0 Å². The smallest absolute Gasteiger partial charge is 0.222 e. The molecule has 2 aliphatic heterocycles. The summed E-state index contributed by atoms with van der Waals surface area (Å²) >= 11 is 0. The summed E-state index contributed by atoms with van der Waals surface area (Å²) in [6, 6.07) is 0.746. The molecule has 2 heterocycles. The Balaban J connectivity index is 1.51. The molecule has 0 spiro atoms. The Bertz CT molecular complexity index is 449. The first-order valence-corrected chi connectivity index (χ1v) is 10.8. The Hall–Kier alpha value is -0.570. The highest BCUT2D eigenvalue weighted by Gasteiger charge is 2.41. The Morgan fingerprint density at radius 1 is 0.960 bits per heavy atom. The van der Waals surface area contributed by atoms with E-state index < -0.39 is 0 Å². The lowest BCUT2D eigenvalue weighted by Crippen LogP contribution is -2.49. The standard InChI is InChI=1S/C22H40N2O/c1-21(2)14-19(15-22(3,4)17-21)24-13-7-8-18(16-24)9-10-20(25)23-11-5-6-12-23/h18-19H,5-17H2,1-4H3. The Labute approximate surface area is 155 Å². The fourth-order valence-electron chi connectivity index (χ4n) is 6.16. The molecule has 0 aromatic rings. The van der Waals surface area contributed by atoms with Crippen molar-refractivity contribution in [2.45, 2.75) is 91.5 Å². The largest absolute Gasteiger partial charge is 0.343 e. The van der Waals surface area contributed by atoms with Crippen LogP contribution in [-0.4, -0.2) is 47.9 Å². The first-order valence-electron chi connectivity index (χ1n) is 10.8. The van der Waals surface area contributed by atoms with Gasteiger partial charge in [0.25, 0.3) is 0 Å². The van der Waals surface area contributed by atoms with Crippen LogP contribution in [0.1, 0.15) is 85.5 Å². The molecule has 25 heavy (non-hydrogen) atoms. The van der Waals surface area contributed by atoms with Gasteiger partial charge in [-0.2, -0.15) is 0 Å². The van der Waals surface area contributed by atoms with Gasteiger partial charge in [-0.15, -0.1) is 0 Å². The summed E-state index contributed by atoms with van der Waals surface area (Å²) in [4.78, 5) is 17.2. The summed E-state index contributed by atoms with van der Waals surface area (Å²) in [6.45, 7) is 14.3. The lowest BCUT2D eigenvalue weighted by molar-refractivity contribution is -0.130. The SMILES string of the molecule is CC1(C)CC(N2CCCC(CCC(=O)N3CCCC3)C2)CC(C)(C)C1. The third-order valence-corrected chi connectivity index (χ3v) is 6.83. The maximum Gasteiger partial charge on any atom is 0.222 e. The van der Waals surface area contributed by atoms with Crippen molar-refractivity contribution in [2.24, 2.45) is 16.7 Å². The quantitative estimate of drug-likeness (QED) is 0.735. The van der Waals surface area contributed by atoms with Gasteiger partial charge in [-0.25, -0.2) is 0 Å². The van der Waals surface area contributed by atoms with Gasteiger partial charge in [0.1, 0.15) is 0 Å². The van der Waals surface area contributed by atoms with Gasteiger partial charge in [0.2, 0.25) is 5.91 Å². The van der Waals surface area contributed by atoms with Crippen molar-refractivity contribution in [3.63, 3.8) is 0 Å². The second kappa shape index (κ2) is 7.58. The van der Waals surface area contributed by atoms with E-state index in [0.29, 0.717) is 16.7 Å². The summed E-state index contributed by atoms with van der Waals surface area (Å²) in [7, 11) is 0. The van der Waals surface area contributed by atoms with E-state index in [1.54, 1.807) is 0 Å². The predicted octanol–water partition coefficient (Wildman–Crippen LogP) is 4.71. The summed E-state index contributed by atoms with van der Waals surface area (Å²) in [5.41, 5.74) is 0.927. The number of likely N-dealkylation sites (tertiary alicyclic amines) is 2. The van der Waals surface area contributed by atoms with Crippen LogP contribution in [0.3, 0.4) is 0 Å². The summed E-state index contributed by atoms with van der Waals surface area (Å²) < 4.78 is 0. The van der Waals surface area contributed by atoms with Crippen molar-refractivity contribution in [2.75, 3.05) is 26.2 Å². The van der Waals surface area contributed by atoms with Crippen LogP contribution in [0.2, 0.25) is 0 Å². The Morgan fingerprint density at radius 2 is 1.60 bits per heavy atom. The van der Waals surface area contributed by atoms with Gasteiger partial charge in [0.05, 0.1) is 0 Å². The van der Waals surface area contributed by atoms with E-state index in [4.69, 9.17) is 0 Å². The van der Waals surface area contributed by atoms with E-state index in [2.05, 4.69) is 37.5 Å². The molecule has 3 nitrogen and oxygen atoms in total. The van der Waals surface area contributed by atoms with Crippen LogP contribution >= 0.6 is 0 Å². The van der Waals surface area contributed by atoms with Crippen molar-refractivity contribution in [3.8, 4) is 0 Å². The Morgan fingerprint density at radius 3 is 2.24 bits per heavy atom. The zero-order valence-corrected chi connectivity index (χ0v) is 17.1. The first kappa shape index (κ1) is 19.2. The van der Waals surface area contributed by atoms with Crippen molar-refractivity contribution in [1.82, 2.24) is 9.80 Å². The lowest BCUT2D eigenvalue weighted by atomic mass is 9.63. The number of hydrogen-bond acceptors (Lipinski definition) is 2. The maximum absolute atomic E-state index is 12.4. The molecule has 0 radical (unpaired) electrons. The Kier molecular flexibility index (Phi) is 5.82. The van der Waals surface area contributed by atoms with Crippen molar-refractivity contribution < 1.29 is 4.79 Å². The monoisotopic (exact) mass is 348 g/mol. The fourth-order valence-corrected chi connectivity index (χ4v) is 6.16. The minimum atomic E-state index is 0.412. The van der Waals surface area contributed by atoms with Gasteiger partial charge < -0.3 is 9.80 Å². The van der Waals surface area contributed by atoms with Crippen molar-refractivity contribution in [1.29, 1.82) is 0 Å².